The Bertz CT molecular complexity index is 390. The quantitative estimate of drug-likeness (QED) is 0.653. The summed E-state index contributed by atoms with van der Waals surface area (Å²) in [6.45, 7) is 6.97. The molecule has 0 heterocycles. The third kappa shape index (κ3) is 7.00. The van der Waals surface area contributed by atoms with Crippen LogP contribution in [0.5, 0.6) is 0 Å². The van der Waals surface area contributed by atoms with Gasteiger partial charge in [0, 0.05) is 12.1 Å². The molecule has 0 aliphatic heterocycles. The van der Waals surface area contributed by atoms with E-state index in [9.17, 15) is 8.78 Å². The Morgan fingerprint density at radius 2 is 1.71 bits per heavy atom. The van der Waals surface area contributed by atoms with Crippen molar-refractivity contribution in [3.05, 3.63) is 35.4 Å². The zero-order valence-corrected chi connectivity index (χ0v) is 13.5. The van der Waals surface area contributed by atoms with Crippen molar-refractivity contribution in [1.29, 1.82) is 0 Å². The van der Waals surface area contributed by atoms with E-state index in [1.165, 1.54) is 31.4 Å². The first-order chi connectivity index (χ1) is 10.1. The van der Waals surface area contributed by atoms with Gasteiger partial charge in [-0.3, -0.25) is 0 Å². The number of halogens is 2. The Balaban J connectivity index is 2.56. The van der Waals surface area contributed by atoms with E-state index >= 15 is 0 Å². The lowest BCUT2D eigenvalue weighted by Gasteiger charge is -2.23. The average molecular weight is 298 g/mol. The van der Waals surface area contributed by atoms with E-state index in [-0.39, 0.29) is 6.04 Å². The topological polar surface area (TPSA) is 15.3 Å². The summed E-state index contributed by atoms with van der Waals surface area (Å²) < 4.78 is 26.7. The highest BCUT2D eigenvalue weighted by molar-refractivity contribution is 5.21. The SMILES string of the molecule is CCCCCN(C)CCC(NCC)c1cc(F)cc(F)c1. The van der Waals surface area contributed by atoms with Crippen LogP contribution >= 0.6 is 0 Å². The van der Waals surface area contributed by atoms with Crippen LogP contribution < -0.4 is 5.32 Å². The minimum atomic E-state index is -0.510. The Morgan fingerprint density at radius 3 is 2.29 bits per heavy atom. The Hall–Kier alpha value is -1.00. The van der Waals surface area contributed by atoms with Crippen LogP contribution in [0.15, 0.2) is 18.2 Å². The van der Waals surface area contributed by atoms with Gasteiger partial charge in [0.15, 0.2) is 0 Å². The number of unbranched alkanes of at least 4 members (excludes halogenated alkanes) is 2. The Labute approximate surface area is 127 Å². The predicted octanol–water partition coefficient (Wildman–Crippen LogP) is 4.13. The third-order valence-electron chi connectivity index (χ3n) is 3.68. The second kappa shape index (κ2) is 9.85. The molecule has 1 aromatic carbocycles. The van der Waals surface area contributed by atoms with E-state index in [1.807, 2.05) is 6.92 Å². The largest absolute Gasteiger partial charge is 0.310 e. The minimum absolute atomic E-state index is 0.00572. The molecule has 0 radical (unpaired) electrons. The number of benzene rings is 1. The molecule has 0 saturated heterocycles. The summed E-state index contributed by atoms with van der Waals surface area (Å²) in [5.74, 6) is -1.02. The van der Waals surface area contributed by atoms with Gasteiger partial charge in [-0.05, 0) is 57.2 Å². The highest BCUT2D eigenvalue weighted by atomic mass is 19.1. The van der Waals surface area contributed by atoms with Gasteiger partial charge in [-0.25, -0.2) is 8.78 Å². The molecule has 0 bridgehead atoms. The summed E-state index contributed by atoms with van der Waals surface area (Å²) in [6, 6.07) is 3.76. The predicted molar refractivity (Wildman–Crippen MR) is 84.4 cm³/mol. The number of hydrogen-bond donors (Lipinski definition) is 1. The molecule has 0 saturated carbocycles. The fourth-order valence-corrected chi connectivity index (χ4v) is 2.50. The molecule has 1 aromatic rings. The van der Waals surface area contributed by atoms with Crippen molar-refractivity contribution in [3.8, 4) is 0 Å². The van der Waals surface area contributed by atoms with E-state index in [4.69, 9.17) is 0 Å². The van der Waals surface area contributed by atoms with Gasteiger partial charge >= 0.3 is 0 Å². The molecule has 120 valence electrons. The van der Waals surface area contributed by atoms with E-state index in [1.54, 1.807) is 0 Å². The number of rotatable bonds is 10. The van der Waals surface area contributed by atoms with E-state index in [0.717, 1.165) is 32.1 Å². The number of hydrogen-bond acceptors (Lipinski definition) is 2. The molecular formula is C17H28F2N2. The van der Waals surface area contributed by atoms with E-state index in [2.05, 4.69) is 24.2 Å². The fourth-order valence-electron chi connectivity index (χ4n) is 2.50. The van der Waals surface area contributed by atoms with Crippen LogP contribution in [-0.2, 0) is 0 Å². The molecule has 1 N–H and O–H groups in total. The monoisotopic (exact) mass is 298 g/mol. The van der Waals surface area contributed by atoms with Crippen LogP contribution in [0.3, 0.4) is 0 Å². The zero-order valence-electron chi connectivity index (χ0n) is 13.5. The van der Waals surface area contributed by atoms with Crippen molar-refractivity contribution in [2.24, 2.45) is 0 Å². The summed E-state index contributed by atoms with van der Waals surface area (Å²) in [4.78, 5) is 2.29. The number of nitrogens with zero attached hydrogens (tertiary/aromatic N) is 1. The van der Waals surface area contributed by atoms with Gasteiger partial charge in [0.1, 0.15) is 11.6 Å². The smallest absolute Gasteiger partial charge is 0.126 e. The summed E-state index contributed by atoms with van der Waals surface area (Å²) in [5, 5.41) is 3.32. The molecule has 4 heteroatoms. The lowest BCUT2D eigenvalue weighted by Crippen LogP contribution is -2.28. The molecular weight excluding hydrogens is 270 g/mol. The maximum absolute atomic E-state index is 13.4. The van der Waals surface area contributed by atoms with Gasteiger partial charge in [-0.15, -0.1) is 0 Å². The summed E-state index contributed by atoms with van der Waals surface area (Å²) >= 11 is 0. The molecule has 1 atom stereocenters. The van der Waals surface area contributed by atoms with Gasteiger partial charge in [-0.1, -0.05) is 26.7 Å². The van der Waals surface area contributed by atoms with Crippen molar-refractivity contribution in [3.63, 3.8) is 0 Å². The second-order valence-electron chi connectivity index (χ2n) is 5.61. The Kier molecular flexibility index (Phi) is 8.47. The summed E-state index contributed by atoms with van der Waals surface area (Å²) in [6.07, 6.45) is 4.51. The van der Waals surface area contributed by atoms with Crippen LogP contribution in [-0.4, -0.2) is 31.6 Å². The van der Waals surface area contributed by atoms with E-state index < -0.39 is 11.6 Å². The molecule has 1 rings (SSSR count). The van der Waals surface area contributed by atoms with Gasteiger partial charge in [0.25, 0.3) is 0 Å². The van der Waals surface area contributed by atoms with Crippen LogP contribution in [0.4, 0.5) is 8.78 Å². The highest BCUT2D eigenvalue weighted by Crippen LogP contribution is 2.19. The van der Waals surface area contributed by atoms with Crippen LogP contribution in [0.25, 0.3) is 0 Å². The molecule has 1 unspecified atom stereocenters. The summed E-state index contributed by atoms with van der Waals surface area (Å²) in [7, 11) is 2.10. The van der Waals surface area contributed by atoms with Crippen molar-refractivity contribution >= 4 is 0 Å². The van der Waals surface area contributed by atoms with Gasteiger partial charge in [0.2, 0.25) is 0 Å². The molecule has 21 heavy (non-hydrogen) atoms. The first-order valence-electron chi connectivity index (χ1n) is 7.94. The molecule has 0 spiro atoms. The molecule has 0 aromatic heterocycles. The second-order valence-corrected chi connectivity index (χ2v) is 5.61. The standard InChI is InChI=1S/C17H28F2N2/c1-4-6-7-9-21(3)10-8-17(20-5-2)14-11-15(18)13-16(19)12-14/h11-13,17,20H,4-10H2,1-3H3. The minimum Gasteiger partial charge on any atom is -0.310 e. The lowest BCUT2D eigenvalue weighted by atomic mass is 10.0. The molecule has 0 aliphatic rings. The lowest BCUT2D eigenvalue weighted by molar-refractivity contribution is 0.301. The molecule has 0 fully saturated rings. The zero-order chi connectivity index (χ0) is 15.7. The highest BCUT2D eigenvalue weighted by Gasteiger charge is 2.13. The van der Waals surface area contributed by atoms with Crippen molar-refractivity contribution in [2.75, 3.05) is 26.7 Å². The molecule has 0 amide bonds. The third-order valence-corrected chi connectivity index (χ3v) is 3.68. The molecule has 2 nitrogen and oxygen atoms in total. The maximum atomic E-state index is 13.4. The van der Waals surface area contributed by atoms with E-state index in [0.29, 0.717) is 5.56 Å². The molecule has 0 aliphatic carbocycles. The average Bonchev–Trinajstić information content (AvgIpc) is 2.42. The maximum Gasteiger partial charge on any atom is 0.126 e. The van der Waals surface area contributed by atoms with Crippen molar-refractivity contribution < 1.29 is 8.78 Å². The van der Waals surface area contributed by atoms with Crippen LogP contribution in [0, 0.1) is 11.6 Å². The first-order valence-corrected chi connectivity index (χ1v) is 7.94. The summed E-state index contributed by atoms with van der Waals surface area (Å²) in [5.41, 5.74) is 0.691. The van der Waals surface area contributed by atoms with Crippen LogP contribution in [0.2, 0.25) is 0 Å². The fraction of sp³-hybridized carbons (Fsp3) is 0.647. The van der Waals surface area contributed by atoms with Crippen LogP contribution in [0.1, 0.15) is 51.1 Å². The van der Waals surface area contributed by atoms with Gasteiger partial charge in [0.05, 0.1) is 0 Å². The van der Waals surface area contributed by atoms with Gasteiger partial charge in [-0.2, -0.15) is 0 Å². The van der Waals surface area contributed by atoms with Crippen molar-refractivity contribution in [2.45, 2.75) is 45.6 Å². The Morgan fingerprint density at radius 1 is 1.05 bits per heavy atom. The van der Waals surface area contributed by atoms with Gasteiger partial charge < -0.3 is 10.2 Å². The number of nitrogens with one attached hydrogen (secondary N) is 1. The first kappa shape index (κ1) is 18.1. The van der Waals surface area contributed by atoms with Crippen molar-refractivity contribution in [1.82, 2.24) is 10.2 Å². The normalized spacial score (nSPS) is 12.9.